The lowest BCUT2D eigenvalue weighted by atomic mass is 10.1. The van der Waals surface area contributed by atoms with Crippen molar-refractivity contribution in [2.45, 2.75) is 26.3 Å². The standard InChI is InChI=1S/C13H20BrNO3S/c1-3-19(16,17)8-4-7-18-13-6-5-11(14)9-12(13)10(2)15/h5-6,9-10H,3-4,7-8,15H2,1-2H3/t10-/m0/s1. The number of ether oxygens (including phenoxy) is 1. The zero-order valence-electron chi connectivity index (χ0n) is 11.2. The van der Waals surface area contributed by atoms with Crippen molar-refractivity contribution in [2.75, 3.05) is 18.1 Å². The van der Waals surface area contributed by atoms with Gasteiger partial charge in [0.1, 0.15) is 15.6 Å². The van der Waals surface area contributed by atoms with Crippen molar-refractivity contribution in [3.05, 3.63) is 28.2 Å². The fourth-order valence-electron chi connectivity index (χ4n) is 1.61. The fourth-order valence-corrected chi connectivity index (χ4v) is 2.84. The molecular formula is C13H20BrNO3S. The normalized spacial score (nSPS) is 13.3. The topological polar surface area (TPSA) is 69.4 Å². The van der Waals surface area contributed by atoms with Crippen LogP contribution in [0.1, 0.15) is 31.9 Å². The second-order valence-corrected chi connectivity index (χ2v) is 7.80. The van der Waals surface area contributed by atoms with E-state index >= 15 is 0 Å². The number of benzene rings is 1. The number of sulfone groups is 1. The molecule has 0 aromatic heterocycles. The predicted octanol–water partition coefficient (Wildman–Crippen LogP) is 2.67. The second kappa shape index (κ2) is 7.26. The number of rotatable bonds is 7. The lowest BCUT2D eigenvalue weighted by molar-refractivity contribution is 0.313. The summed E-state index contributed by atoms with van der Waals surface area (Å²) in [4.78, 5) is 0. The first kappa shape index (κ1) is 16.5. The van der Waals surface area contributed by atoms with Crippen LogP contribution in [0.2, 0.25) is 0 Å². The molecule has 1 rings (SSSR count). The van der Waals surface area contributed by atoms with E-state index in [0.29, 0.717) is 18.8 Å². The van der Waals surface area contributed by atoms with Gasteiger partial charge in [-0.05, 0) is 31.5 Å². The van der Waals surface area contributed by atoms with E-state index in [1.54, 1.807) is 6.92 Å². The van der Waals surface area contributed by atoms with Crippen LogP contribution < -0.4 is 10.5 Å². The van der Waals surface area contributed by atoms with Crippen LogP contribution in [0.25, 0.3) is 0 Å². The van der Waals surface area contributed by atoms with Crippen LogP contribution in [0.5, 0.6) is 5.75 Å². The lowest BCUT2D eigenvalue weighted by Gasteiger charge is -2.14. The first-order valence-corrected chi connectivity index (χ1v) is 8.85. The molecule has 0 saturated carbocycles. The van der Waals surface area contributed by atoms with Gasteiger partial charge >= 0.3 is 0 Å². The molecule has 0 bridgehead atoms. The van der Waals surface area contributed by atoms with Gasteiger partial charge in [-0.1, -0.05) is 22.9 Å². The first-order valence-electron chi connectivity index (χ1n) is 6.24. The van der Waals surface area contributed by atoms with Crippen LogP contribution in [-0.2, 0) is 9.84 Å². The molecule has 0 amide bonds. The van der Waals surface area contributed by atoms with Crippen LogP contribution in [0.4, 0.5) is 0 Å². The molecule has 19 heavy (non-hydrogen) atoms. The highest BCUT2D eigenvalue weighted by atomic mass is 79.9. The first-order chi connectivity index (χ1) is 8.85. The minimum Gasteiger partial charge on any atom is -0.493 e. The quantitative estimate of drug-likeness (QED) is 0.768. The van der Waals surface area contributed by atoms with E-state index in [2.05, 4.69) is 15.9 Å². The van der Waals surface area contributed by atoms with Crippen LogP contribution in [0, 0.1) is 0 Å². The highest BCUT2D eigenvalue weighted by molar-refractivity contribution is 9.10. The molecule has 0 aliphatic heterocycles. The Morgan fingerprint density at radius 3 is 2.68 bits per heavy atom. The van der Waals surface area contributed by atoms with Crippen molar-refractivity contribution in [3.63, 3.8) is 0 Å². The van der Waals surface area contributed by atoms with Crippen LogP contribution in [0.15, 0.2) is 22.7 Å². The molecule has 1 atom stereocenters. The third-order valence-corrected chi connectivity index (χ3v) is 5.04. The number of nitrogens with two attached hydrogens (primary N) is 1. The van der Waals surface area contributed by atoms with Crippen molar-refractivity contribution in [3.8, 4) is 5.75 Å². The molecule has 6 heteroatoms. The van der Waals surface area contributed by atoms with Crippen LogP contribution >= 0.6 is 15.9 Å². The zero-order valence-corrected chi connectivity index (χ0v) is 13.6. The fraction of sp³-hybridized carbons (Fsp3) is 0.538. The molecule has 2 N–H and O–H groups in total. The Bertz CT molecular complexity index is 515. The molecule has 1 aromatic rings. The summed E-state index contributed by atoms with van der Waals surface area (Å²) < 4.78 is 29.3. The molecule has 0 heterocycles. The van der Waals surface area contributed by atoms with E-state index in [-0.39, 0.29) is 17.5 Å². The van der Waals surface area contributed by atoms with E-state index in [1.807, 2.05) is 25.1 Å². The highest BCUT2D eigenvalue weighted by Gasteiger charge is 2.10. The van der Waals surface area contributed by atoms with Gasteiger partial charge < -0.3 is 10.5 Å². The van der Waals surface area contributed by atoms with Crippen molar-refractivity contribution in [1.29, 1.82) is 0 Å². The Labute approximate surface area is 123 Å². The Morgan fingerprint density at radius 2 is 2.11 bits per heavy atom. The third-order valence-electron chi connectivity index (χ3n) is 2.76. The Kier molecular flexibility index (Phi) is 6.29. The number of halogens is 1. The van der Waals surface area contributed by atoms with Crippen molar-refractivity contribution < 1.29 is 13.2 Å². The minimum atomic E-state index is -2.92. The SMILES string of the molecule is CCS(=O)(=O)CCCOc1ccc(Br)cc1[C@H](C)N. The predicted molar refractivity (Wildman–Crippen MR) is 81.2 cm³/mol. The van der Waals surface area contributed by atoms with Crippen molar-refractivity contribution in [1.82, 2.24) is 0 Å². The molecule has 0 radical (unpaired) electrons. The summed E-state index contributed by atoms with van der Waals surface area (Å²) in [6.07, 6.45) is 0.491. The molecule has 0 aliphatic rings. The summed E-state index contributed by atoms with van der Waals surface area (Å²) in [5, 5.41) is 0. The molecule has 0 fully saturated rings. The summed E-state index contributed by atoms with van der Waals surface area (Å²) in [5.74, 6) is 1.05. The maximum atomic E-state index is 11.3. The van der Waals surface area contributed by atoms with Gasteiger partial charge in [0.15, 0.2) is 0 Å². The van der Waals surface area contributed by atoms with E-state index < -0.39 is 9.84 Å². The average molecular weight is 350 g/mol. The molecule has 0 saturated heterocycles. The van der Waals surface area contributed by atoms with Crippen LogP contribution in [-0.4, -0.2) is 26.5 Å². The summed E-state index contributed by atoms with van der Waals surface area (Å²) in [7, 11) is -2.92. The van der Waals surface area contributed by atoms with Gasteiger partial charge in [0.2, 0.25) is 0 Å². The van der Waals surface area contributed by atoms with Gasteiger partial charge in [0.05, 0.1) is 12.4 Å². The van der Waals surface area contributed by atoms with E-state index in [1.165, 1.54) is 0 Å². The van der Waals surface area contributed by atoms with E-state index in [4.69, 9.17) is 10.5 Å². The molecule has 1 aromatic carbocycles. The molecule has 108 valence electrons. The molecule has 0 unspecified atom stereocenters. The van der Waals surface area contributed by atoms with Gasteiger partial charge in [-0.15, -0.1) is 0 Å². The Balaban J connectivity index is 2.59. The van der Waals surface area contributed by atoms with Gasteiger partial charge in [0, 0.05) is 21.8 Å². The second-order valence-electron chi connectivity index (χ2n) is 4.41. The lowest BCUT2D eigenvalue weighted by Crippen LogP contribution is -2.13. The Morgan fingerprint density at radius 1 is 1.42 bits per heavy atom. The summed E-state index contributed by atoms with van der Waals surface area (Å²) in [6, 6.07) is 5.51. The molecular weight excluding hydrogens is 330 g/mol. The van der Waals surface area contributed by atoms with Crippen LogP contribution in [0.3, 0.4) is 0 Å². The Hall–Kier alpha value is -0.590. The third kappa shape index (κ3) is 5.50. The van der Waals surface area contributed by atoms with Gasteiger partial charge in [-0.2, -0.15) is 0 Å². The number of hydrogen-bond donors (Lipinski definition) is 1. The molecule has 0 spiro atoms. The van der Waals surface area contributed by atoms with Gasteiger partial charge in [-0.3, -0.25) is 0 Å². The maximum absolute atomic E-state index is 11.3. The van der Waals surface area contributed by atoms with E-state index in [0.717, 1.165) is 10.0 Å². The monoisotopic (exact) mass is 349 g/mol. The maximum Gasteiger partial charge on any atom is 0.150 e. The smallest absolute Gasteiger partial charge is 0.150 e. The van der Waals surface area contributed by atoms with Gasteiger partial charge in [0.25, 0.3) is 0 Å². The molecule has 4 nitrogen and oxygen atoms in total. The summed E-state index contributed by atoms with van der Waals surface area (Å²) in [5.41, 5.74) is 6.79. The summed E-state index contributed by atoms with van der Waals surface area (Å²) >= 11 is 3.39. The largest absolute Gasteiger partial charge is 0.493 e. The van der Waals surface area contributed by atoms with Gasteiger partial charge in [-0.25, -0.2) is 8.42 Å². The summed E-state index contributed by atoms with van der Waals surface area (Å²) in [6.45, 7) is 3.91. The number of hydrogen-bond acceptors (Lipinski definition) is 4. The zero-order chi connectivity index (χ0) is 14.5. The average Bonchev–Trinajstić information content (AvgIpc) is 2.36. The molecule has 0 aliphatic carbocycles. The van der Waals surface area contributed by atoms with E-state index in [9.17, 15) is 8.42 Å². The minimum absolute atomic E-state index is 0.133. The highest BCUT2D eigenvalue weighted by Crippen LogP contribution is 2.27. The van der Waals surface area contributed by atoms with Crippen molar-refractivity contribution >= 4 is 25.8 Å². The van der Waals surface area contributed by atoms with Crippen molar-refractivity contribution in [2.24, 2.45) is 5.73 Å².